The molecule has 0 saturated heterocycles. The van der Waals surface area contributed by atoms with E-state index in [0.29, 0.717) is 0 Å². The predicted molar refractivity (Wildman–Crippen MR) is 66.7 cm³/mol. The summed E-state index contributed by atoms with van der Waals surface area (Å²) in [7, 11) is -2.38. The Bertz CT molecular complexity index is 310. The van der Waals surface area contributed by atoms with Crippen LogP contribution in [0.25, 0.3) is 0 Å². The molecule has 1 aromatic rings. The van der Waals surface area contributed by atoms with Crippen LogP contribution in [0.15, 0.2) is 18.7 Å². The Morgan fingerprint density at radius 2 is 1.71 bits per heavy atom. The summed E-state index contributed by atoms with van der Waals surface area (Å²) in [5.74, 6) is 0. The smallest absolute Gasteiger partial charge is 0.259 e. The summed E-state index contributed by atoms with van der Waals surface area (Å²) in [5.41, 5.74) is 0. The van der Waals surface area contributed by atoms with Gasteiger partial charge in [0.2, 0.25) is 6.33 Å². The largest absolute Gasteiger partial charge is 0.289 e. The second-order valence-corrected chi connectivity index (χ2v) is 15.3. The minimum Gasteiger partial charge on any atom is -0.289 e. The first kappa shape index (κ1) is 11.7. The summed E-state index contributed by atoms with van der Waals surface area (Å²) in [6.45, 7) is 14.3. The molecule has 0 atom stereocenters. The van der Waals surface area contributed by atoms with E-state index in [9.17, 15) is 0 Å². The Balaban J connectivity index is 3.00. The second-order valence-electron chi connectivity index (χ2n) is 5.56. The van der Waals surface area contributed by atoms with E-state index in [4.69, 9.17) is 0 Å². The Hall–Kier alpha value is -0.356. The Labute approximate surface area is 89.8 Å². The van der Waals surface area contributed by atoms with E-state index in [-0.39, 0.29) is 0 Å². The third-order valence-corrected chi connectivity index (χ3v) is 8.18. The van der Waals surface area contributed by atoms with Crippen molar-refractivity contribution < 1.29 is 4.23 Å². The molecule has 0 spiro atoms. The van der Waals surface area contributed by atoms with Gasteiger partial charge in [-0.15, -0.1) is 0 Å². The molecule has 14 heavy (non-hydrogen) atoms. The third-order valence-electron chi connectivity index (χ3n) is 2.98. The van der Waals surface area contributed by atoms with Crippen molar-refractivity contribution in [2.24, 2.45) is 0 Å². The highest BCUT2D eigenvalue weighted by Crippen LogP contribution is 2.07. The van der Waals surface area contributed by atoms with E-state index in [0.717, 1.165) is 0 Å². The predicted octanol–water partition coefficient (Wildman–Crippen LogP) is 2.53. The lowest BCUT2D eigenvalue weighted by atomic mass is 11.0. The maximum absolute atomic E-state index is 2.46. The van der Waals surface area contributed by atoms with Gasteiger partial charge in [0.15, 0.2) is 0 Å². The van der Waals surface area contributed by atoms with Crippen LogP contribution in [0.1, 0.15) is 6.92 Å². The number of rotatable bonds is 3. The van der Waals surface area contributed by atoms with Gasteiger partial charge in [0.05, 0.1) is 0 Å². The van der Waals surface area contributed by atoms with Crippen LogP contribution in [0.5, 0.6) is 0 Å². The van der Waals surface area contributed by atoms with Crippen molar-refractivity contribution in [1.82, 2.24) is 4.23 Å². The molecule has 0 aliphatic heterocycles. The van der Waals surface area contributed by atoms with E-state index >= 15 is 0 Å². The lowest BCUT2D eigenvalue weighted by Gasteiger charge is -2.15. The minimum atomic E-state index is -1.19. The van der Waals surface area contributed by atoms with E-state index < -0.39 is 16.5 Å². The van der Waals surface area contributed by atoms with Crippen LogP contribution in [-0.4, -0.2) is 20.7 Å². The highest BCUT2D eigenvalue weighted by molar-refractivity contribution is 6.74. The number of hydrogen-bond acceptors (Lipinski definition) is 0. The zero-order valence-electron chi connectivity index (χ0n) is 10.3. The van der Waals surface area contributed by atoms with Crippen molar-refractivity contribution in [3.63, 3.8) is 0 Å². The zero-order valence-corrected chi connectivity index (χ0v) is 12.3. The molecule has 0 N–H and O–H groups in total. The molecule has 0 fully saturated rings. The summed E-state index contributed by atoms with van der Waals surface area (Å²) < 4.78 is 4.89. The number of nitrogens with zero attached hydrogens (tertiary/aromatic N) is 2. The maximum Gasteiger partial charge on any atom is 0.259 e. The van der Waals surface area contributed by atoms with E-state index in [1.165, 1.54) is 6.04 Å². The molecule has 0 aromatic carbocycles. The number of aromatic nitrogens is 2. The van der Waals surface area contributed by atoms with Crippen LogP contribution in [0, 0.1) is 0 Å². The molecule has 0 amide bonds. The van der Waals surface area contributed by atoms with Crippen molar-refractivity contribution in [2.75, 3.05) is 0 Å². The molecule has 0 radical (unpaired) electrons. The molecule has 2 nitrogen and oxygen atoms in total. The molecule has 4 heteroatoms. The molecule has 80 valence electrons. The lowest BCUT2D eigenvalue weighted by molar-refractivity contribution is -0.545. The van der Waals surface area contributed by atoms with Crippen LogP contribution in [0.3, 0.4) is 0 Å². The van der Waals surface area contributed by atoms with Crippen LogP contribution in [0.4, 0.5) is 0 Å². The van der Waals surface area contributed by atoms with Crippen molar-refractivity contribution in [1.29, 1.82) is 0 Å². The average molecular weight is 227 g/mol. The van der Waals surface area contributed by atoms with Gasteiger partial charge in [-0.1, -0.05) is 6.92 Å². The number of imidazole rings is 1. The van der Waals surface area contributed by atoms with E-state index in [2.05, 4.69) is 66.8 Å². The van der Waals surface area contributed by atoms with Gasteiger partial charge in [-0.05, 0) is 38.8 Å². The van der Waals surface area contributed by atoms with Crippen LogP contribution in [-0.2, 0) is 0 Å². The van der Waals surface area contributed by atoms with Gasteiger partial charge in [0, 0.05) is 0 Å². The minimum absolute atomic E-state index is 1.19. The molecule has 0 saturated carbocycles. The summed E-state index contributed by atoms with van der Waals surface area (Å²) in [4.78, 5) is 0. The highest BCUT2D eigenvalue weighted by Gasteiger charge is 2.30. The Kier molecular flexibility index (Phi) is 3.06. The van der Waals surface area contributed by atoms with Crippen LogP contribution in [0.2, 0.25) is 38.8 Å². The van der Waals surface area contributed by atoms with Gasteiger partial charge in [-0.2, -0.15) is 0 Å². The normalized spacial score (nSPS) is 13.3. The lowest BCUT2D eigenvalue weighted by Crippen LogP contribution is -2.58. The van der Waals surface area contributed by atoms with Gasteiger partial charge < -0.3 is 0 Å². The summed E-state index contributed by atoms with van der Waals surface area (Å²) in [6.07, 6.45) is 6.83. The topological polar surface area (TPSA) is 8.81 Å². The quantitative estimate of drug-likeness (QED) is 0.702. The zero-order chi connectivity index (χ0) is 11.0. The summed E-state index contributed by atoms with van der Waals surface area (Å²) in [5, 5.41) is 0. The van der Waals surface area contributed by atoms with E-state index in [1.807, 2.05) is 0 Å². The van der Waals surface area contributed by atoms with Crippen LogP contribution < -0.4 is 4.23 Å². The van der Waals surface area contributed by atoms with Gasteiger partial charge in [0.1, 0.15) is 12.4 Å². The maximum atomic E-state index is 2.46. The fraction of sp³-hybridized carbons (Fsp3) is 0.700. The molecular weight excluding hydrogens is 204 g/mol. The standard InChI is InChI=1S/C10H23N2Si2/c1-7-14(5,6)12-9-8-11(10-12)13(2,3)4/h8-10H,7H2,1-6H3/q+1. The first-order valence-electron chi connectivity index (χ1n) is 5.37. The Morgan fingerprint density at radius 3 is 2.07 bits per heavy atom. The molecule has 1 rings (SSSR count). The number of hydrogen-bond donors (Lipinski definition) is 0. The fourth-order valence-electron chi connectivity index (χ4n) is 1.29. The van der Waals surface area contributed by atoms with E-state index in [1.54, 1.807) is 0 Å². The SMILES string of the molecule is CC[Si](C)(C)[n+]1ccn([Si](C)(C)C)c1. The third kappa shape index (κ3) is 2.36. The molecule has 0 bridgehead atoms. The van der Waals surface area contributed by atoms with Crippen molar-refractivity contribution in [2.45, 2.75) is 45.7 Å². The Morgan fingerprint density at radius 1 is 1.14 bits per heavy atom. The summed E-state index contributed by atoms with van der Waals surface area (Å²) in [6, 6.07) is 1.30. The fourth-order valence-corrected chi connectivity index (χ4v) is 3.66. The first-order chi connectivity index (χ1) is 6.27. The van der Waals surface area contributed by atoms with Crippen LogP contribution >= 0.6 is 0 Å². The average Bonchev–Trinajstić information content (AvgIpc) is 2.51. The van der Waals surface area contributed by atoms with Gasteiger partial charge in [-0.3, -0.25) is 8.47 Å². The highest BCUT2D eigenvalue weighted by atomic mass is 28.3. The van der Waals surface area contributed by atoms with Crippen molar-refractivity contribution in [3.8, 4) is 0 Å². The van der Waals surface area contributed by atoms with Crippen molar-refractivity contribution in [3.05, 3.63) is 18.7 Å². The molecule has 1 aromatic heterocycles. The summed E-state index contributed by atoms with van der Waals surface area (Å²) >= 11 is 0. The van der Waals surface area contributed by atoms with Gasteiger partial charge in [-0.25, -0.2) is 0 Å². The second kappa shape index (κ2) is 3.66. The molecular formula is C10H23N2Si2+. The van der Waals surface area contributed by atoms with Crippen molar-refractivity contribution >= 4 is 16.5 Å². The monoisotopic (exact) mass is 227 g/mol. The molecule has 0 unspecified atom stereocenters. The van der Waals surface area contributed by atoms with Gasteiger partial charge in [0.25, 0.3) is 16.5 Å². The first-order valence-corrected chi connectivity index (χ1v) is 12.0. The molecule has 0 aliphatic rings. The molecule has 0 aliphatic carbocycles. The van der Waals surface area contributed by atoms with Gasteiger partial charge >= 0.3 is 0 Å². The molecule has 1 heterocycles.